The number of nitrogens with two attached hydrogens (primary N) is 1. The molecule has 2 heterocycles. The molecule has 9 heteroatoms. The smallest absolute Gasteiger partial charge is 0.348 e. The predicted octanol–water partition coefficient (Wildman–Crippen LogP) is 1.13. The van der Waals surface area contributed by atoms with Crippen molar-refractivity contribution >= 4 is 46.2 Å². The first-order valence-corrected chi connectivity index (χ1v) is 7.74. The van der Waals surface area contributed by atoms with Gasteiger partial charge in [-0.1, -0.05) is 29.3 Å². The van der Waals surface area contributed by atoms with Crippen LogP contribution < -0.4 is 16.1 Å². The number of benzene rings is 1. The Morgan fingerprint density at radius 3 is 3.00 bits per heavy atom. The highest BCUT2D eigenvalue weighted by Gasteiger charge is 2.45. The Hall–Kier alpha value is -1.25. The van der Waals surface area contributed by atoms with Crippen LogP contribution in [0.2, 0.25) is 10.0 Å². The van der Waals surface area contributed by atoms with E-state index in [2.05, 4.69) is 10.3 Å². The number of nitrogens with one attached hydrogen (secondary N) is 2. The number of fused-ring (bicyclic) bond motifs is 1. The van der Waals surface area contributed by atoms with Crippen molar-refractivity contribution < 1.29 is 9.80 Å². The standard InChI is InChI=1S/C12H11Cl2N5OS/c13-8-2-1-7(5-9(8)14)6-17-12-19(10(15)20)18-4-3-16-11(18)21-12/h1-5,12,17H,6H2,(H2,15,20)/p+1. The van der Waals surface area contributed by atoms with Crippen molar-refractivity contribution in [2.24, 2.45) is 10.7 Å². The maximum Gasteiger partial charge on any atom is 0.362 e. The molecule has 0 bridgehead atoms. The summed E-state index contributed by atoms with van der Waals surface area (Å²) in [7, 11) is 0. The van der Waals surface area contributed by atoms with Crippen LogP contribution in [0.5, 0.6) is 0 Å². The van der Waals surface area contributed by atoms with E-state index in [0.29, 0.717) is 16.6 Å². The number of amides is 2. The third kappa shape index (κ3) is 2.88. The second kappa shape index (κ2) is 5.86. The van der Waals surface area contributed by atoms with Crippen molar-refractivity contribution in [3.8, 4) is 0 Å². The summed E-state index contributed by atoms with van der Waals surface area (Å²) in [6, 6.07) is 4.89. The molecule has 2 amide bonds. The first-order chi connectivity index (χ1) is 10.1. The van der Waals surface area contributed by atoms with Crippen molar-refractivity contribution in [3.05, 3.63) is 46.2 Å². The quantitative estimate of drug-likeness (QED) is 0.769. The SMILES string of the molecule is NC(=O)N1C(NCc2ccc(Cl)c(Cl)c2)SC2=NC=C[NH+]21. The number of aliphatic imine (C=N–C) groups is 1. The van der Waals surface area contributed by atoms with E-state index in [0.717, 1.165) is 15.7 Å². The van der Waals surface area contributed by atoms with E-state index in [1.165, 1.54) is 16.8 Å². The number of hydrogen-bond acceptors (Lipinski definition) is 4. The average molecular weight is 345 g/mol. The zero-order valence-corrected chi connectivity index (χ0v) is 13.0. The summed E-state index contributed by atoms with van der Waals surface area (Å²) in [5.41, 5.74) is 6.13. The van der Waals surface area contributed by atoms with Crippen molar-refractivity contribution in [1.82, 2.24) is 10.3 Å². The number of carbonyl (C=O) groups excluding carboxylic acids is 1. The normalized spacial score (nSPS) is 23.3. The Kier molecular flexibility index (Phi) is 4.10. The summed E-state index contributed by atoms with van der Waals surface area (Å²) < 4.78 is 0. The topological polar surface area (TPSA) is 75.2 Å². The number of hydrogen-bond donors (Lipinski definition) is 3. The molecule has 0 aromatic heterocycles. The van der Waals surface area contributed by atoms with Crippen molar-refractivity contribution in [2.75, 3.05) is 0 Å². The molecule has 2 aliphatic heterocycles. The zero-order valence-electron chi connectivity index (χ0n) is 10.7. The van der Waals surface area contributed by atoms with Crippen LogP contribution in [-0.4, -0.2) is 21.7 Å². The number of urea groups is 1. The average Bonchev–Trinajstić information content (AvgIpc) is 2.99. The van der Waals surface area contributed by atoms with E-state index in [1.54, 1.807) is 24.5 Å². The van der Waals surface area contributed by atoms with E-state index in [-0.39, 0.29) is 5.50 Å². The molecule has 0 radical (unpaired) electrons. The lowest BCUT2D eigenvalue weighted by Crippen LogP contribution is -3.14. The fraction of sp³-hybridized carbons (Fsp3) is 0.167. The molecule has 1 fully saturated rings. The molecular weight excluding hydrogens is 333 g/mol. The molecule has 1 saturated heterocycles. The fourth-order valence-corrected chi connectivity index (χ4v) is 3.52. The molecule has 0 spiro atoms. The van der Waals surface area contributed by atoms with Gasteiger partial charge in [-0.2, -0.15) is 4.99 Å². The predicted molar refractivity (Wildman–Crippen MR) is 83.6 cm³/mol. The third-order valence-electron chi connectivity index (χ3n) is 3.06. The second-order valence-corrected chi connectivity index (χ2v) is 6.33. The molecule has 1 aromatic carbocycles. The molecule has 2 atom stereocenters. The maximum atomic E-state index is 11.6. The van der Waals surface area contributed by atoms with Crippen LogP contribution in [0.25, 0.3) is 0 Å². The minimum Gasteiger partial charge on any atom is -0.348 e. The van der Waals surface area contributed by atoms with E-state index >= 15 is 0 Å². The molecule has 2 unspecified atom stereocenters. The number of thioether (sulfide) groups is 1. The minimum absolute atomic E-state index is 0.282. The highest BCUT2D eigenvalue weighted by atomic mass is 35.5. The van der Waals surface area contributed by atoms with Gasteiger partial charge in [-0.25, -0.2) is 4.79 Å². The van der Waals surface area contributed by atoms with Gasteiger partial charge in [0.25, 0.3) is 5.17 Å². The molecule has 21 heavy (non-hydrogen) atoms. The van der Waals surface area contributed by atoms with Gasteiger partial charge in [0.1, 0.15) is 6.20 Å². The molecule has 4 N–H and O–H groups in total. The van der Waals surface area contributed by atoms with Gasteiger partial charge in [0.15, 0.2) is 5.50 Å². The fourth-order valence-electron chi connectivity index (χ4n) is 2.09. The van der Waals surface area contributed by atoms with Gasteiger partial charge in [0.2, 0.25) is 0 Å². The first-order valence-electron chi connectivity index (χ1n) is 6.10. The number of rotatable bonds is 3. The summed E-state index contributed by atoms with van der Waals surface area (Å²) in [5, 5.41) is 7.29. The molecular formula is C12H12Cl2N5OS+. The Morgan fingerprint density at radius 2 is 2.29 bits per heavy atom. The van der Waals surface area contributed by atoms with Gasteiger partial charge in [-0.3, -0.25) is 5.32 Å². The van der Waals surface area contributed by atoms with E-state index < -0.39 is 6.03 Å². The molecule has 110 valence electrons. The number of nitrogens with zero attached hydrogens (tertiary/aromatic N) is 2. The van der Waals surface area contributed by atoms with Gasteiger partial charge in [-0.05, 0) is 17.7 Å². The molecule has 3 rings (SSSR count). The van der Waals surface area contributed by atoms with Crippen LogP contribution in [0, 0.1) is 0 Å². The van der Waals surface area contributed by atoms with E-state index in [4.69, 9.17) is 28.9 Å². The van der Waals surface area contributed by atoms with Gasteiger partial charge in [0.05, 0.1) is 16.2 Å². The molecule has 0 saturated carbocycles. The second-order valence-electron chi connectivity index (χ2n) is 4.44. The first kappa shape index (κ1) is 14.7. The number of quaternary nitrogens is 1. The Balaban J connectivity index is 1.70. The highest BCUT2D eigenvalue weighted by Crippen LogP contribution is 2.23. The van der Waals surface area contributed by atoms with Crippen LogP contribution in [0.1, 0.15) is 5.56 Å². The Labute approximate surface area is 135 Å². The Bertz CT molecular complexity index is 651. The van der Waals surface area contributed by atoms with Crippen LogP contribution in [-0.2, 0) is 6.54 Å². The molecule has 2 aliphatic rings. The lowest BCUT2D eigenvalue weighted by molar-refractivity contribution is -0.862. The van der Waals surface area contributed by atoms with Gasteiger partial charge in [-0.15, -0.1) is 10.0 Å². The Morgan fingerprint density at radius 1 is 1.48 bits per heavy atom. The van der Waals surface area contributed by atoms with Gasteiger partial charge >= 0.3 is 6.03 Å². The third-order valence-corrected chi connectivity index (χ3v) is 4.94. The number of carbonyl (C=O) groups is 1. The maximum absolute atomic E-state index is 11.6. The van der Waals surface area contributed by atoms with Crippen molar-refractivity contribution in [2.45, 2.75) is 12.0 Å². The van der Waals surface area contributed by atoms with Crippen molar-refractivity contribution in [3.63, 3.8) is 0 Å². The largest absolute Gasteiger partial charge is 0.362 e. The summed E-state index contributed by atoms with van der Waals surface area (Å²) in [4.78, 5) is 15.8. The van der Waals surface area contributed by atoms with E-state index in [9.17, 15) is 4.79 Å². The summed E-state index contributed by atoms with van der Waals surface area (Å²) in [6.45, 7) is 0.530. The monoisotopic (exact) mass is 344 g/mol. The summed E-state index contributed by atoms with van der Waals surface area (Å²) in [5.74, 6) is 0. The summed E-state index contributed by atoms with van der Waals surface area (Å²) >= 11 is 13.3. The molecule has 0 aliphatic carbocycles. The minimum atomic E-state index is -0.513. The van der Waals surface area contributed by atoms with Crippen LogP contribution in [0.4, 0.5) is 4.79 Å². The number of primary amides is 1. The highest BCUT2D eigenvalue weighted by molar-refractivity contribution is 8.14. The molecule has 6 nitrogen and oxygen atoms in total. The van der Waals surface area contributed by atoms with Crippen molar-refractivity contribution in [1.29, 1.82) is 0 Å². The molecule has 1 aromatic rings. The number of halogens is 2. The lowest BCUT2D eigenvalue weighted by atomic mass is 10.2. The van der Waals surface area contributed by atoms with Gasteiger partial charge < -0.3 is 5.73 Å². The zero-order chi connectivity index (χ0) is 15.0. The van der Waals surface area contributed by atoms with Gasteiger partial charge in [0, 0.05) is 18.3 Å². The number of amidine groups is 1. The van der Waals surface area contributed by atoms with Crippen LogP contribution in [0.15, 0.2) is 35.6 Å². The lowest BCUT2D eigenvalue weighted by Gasteiger charge is -2.21. The van der Waals surface area contributed by atoms with Crippen LogP contribution >= 0.6 is 35.0 Å². The van der Waals surface area contributed by atoms with E-state index in [1.807, 2.05) is 6.07 Å². The summed E-state index contributed by atoms with van der Waals surface area (Å²) in [6.07, 6.45) is 3.43. The van der Waals surface area contributed by atoms with Crippen LogP contribution in [0.3, 0.4) is 0 Å².